The zero-order chi connectivity index (χ0) is 15.4. The highest BCUT2D eigenvalue weighted by Crippen LogP contribution is 2.22. The van der Waals surface area contributed by atoms with Gasteiger partial charge in [0.2, 0.25) is 0 Å². The molecule has 1 aromatic heterocycles. The fraction of sp³-hybridized carbons (Fsp3) is 0.143. The van der Waals surface area contributed by atoms with Crippen LogP contribution in [0.4, 0.5) is 5.69 Å². The van der Waals surface area contributed by atoms with E-state index in [2.05, 4.69) is 4.98 Å². The van der Waals surface area contributed by atoms with Crippen molar-refractivity contribution in [3.05, 3.63) is 63.5 Å². The predicted molar refractivity (Wildman–Crippen MR) is 73.4 cm³/mol. The van der Waals surface area contributed by atoms with Gasteiger partial charge in [-0.1, -0.05) is 12.1 Å². The summed E-state index contributed by atoms with van der Waals surface area (Å²) in [7, 11) is 0. The van der Waals surface area contributed by atoms with E-state index in [-0.39, 0.29) is 17.9 Å². The average molecular weight is 288 g/mol. The highest BCUT2D eigenvalue weighted by molar-refractivity contribution is 5.87. The molecule has 0 aliphatic carbocycles. The van der Waals surface area contributed by atoms with E-state index in [1.807, 2.05) is 0 Å². The summed E-state index contributed by atoms with van der Waals surface area (Å²) >= 11 is 0. The van der Waals surface area contributed by atoms with Gasteiger partial charge in [-0.25, -0.2) is 4.79 Å². The number of ether oxygens (including phenoxy) is 1. The molecule has 7 nitrogen and oxygen atoms in total. The summed E-state index contributed by atoms with van der Waals surface area (Å²) in [6.45, 7) is 1.74. The SMILES string of the molecule is Cc1c(COc2cncc(C(=O)O)c2)cccc1[N+](=O)[O-]. The summed E-state index contributed by atoms with van der Waals surface area (Å²) in [6, 6.07) is 6.07. The van der Waals surface area contributed by atoms with Crippen LogP contribution in [0.3, 0.4) is 0 Å². The lowest BCUT2D eigenvalue weighted by atomic mass is 10.1. The van der Waals surface area contributed by atoms with Crippen LogP contribution in [0.15, 0.2) is 36.7 Å². The molecule has 0 spiro atoms. The molecule has 0 radical (unpaired) electrons. The molecule has 1 heterocycles. The normalized spacial score (nSPS) is 10.1. The van der Waals surface area contributed by atoms with Crippen LogP contribution in [0.25, 0.3) is 0 Å². The van der Waals surface area contributed by atoms with Crippen LogP contribution in [0, 0.1) is 17.0 Å². The van der Waals surface area contributed by atoms with Crippen molar-refractivity contribution in [3.63, 3.8) is 0 Å². The first kappa shape index (κ1) is 14.4. The van der Waals surface area contributed by atoms with Crippen LogP contribution < -0.4 is 4.74 Å². The average Bonchev–Trinajstić information content (AvgIpc) is 2.46. The molecule has 0 amide bonds. The number of aromatic nitrogens is 1. The predicted octanol–water partition coefficient (Wildman–Crippen LogP) is 2.58. The van der Waals surface area contributed by atoms with Gasteiger partial charge in [0.05, 0.1) is 16.7 Å². The first-order valence-electron chi connectivity index (χ1n) is 6.03. The fourth-order valence-corrected chi connectivity index (χ4v) is 1.80. The summed E-state index contributed by atoms with van der Waals surface area (Å²) in [4.78, 5) is 25.0. The number of aromatic carboxylic acids is 1. The van der Waals surface area contributed by atoms with E-state index in [9.17, 15) is 14.9 Å². The molecular formula is C14H12N2O5. The number of nitrogens with zero attached hydrogens (tertiary/aromatic N) is 2. The van der Waals surface area contributed by atoms with E-state index in [1.54, 1.807) is 19.1 Å². The molecule has 21 heavy (non-hydrogen) atoms. The molecule has 0 saturated carbocycles. The number of hydrogen-bond acceptors (Lipinski definition) is 5. The number of rotatable bonds is 5. The molecule has 0 unspecified atom stereocenters. The van der Waals surface area contributed by atoms with Gasteiger partial charge in [-0.3, -0.25) is 15.1 Å². The molecule has 1 aromatic carbocycles. The van der Waals surface area contributed by atoms with Crippen molar-refractivity contribution >= 4 is 11.7 Å². The molecule has 0 atom stereocenters. The van der Waals surface area contributed by atoms with Crippen LogP contribution in [0.2, 0.25) is 0 Å². The van der Waals surface area contributed by atoms with Crippen molar-refractivity contribution in [3.8, 4) is 5.75 Å². The van der Waals surface area contributed by atoms with Gasteiger partial charge in [0.15, 0.2) is 0 Å². The zero-order valence-corrected chi connectivity index (χ0v) is 11.1. The molecule has 0 fully saturated rings. The number of benzene rings is 1. The van der Waals surface area contributed by atoms with E-state index in [4.69, 9.17) is 9.84 Å². The van der Waals surface area contributed by atoms with Crippen molar-refractivity contribution in [1.29, 1.82) is 0 Å². The molecule has 1 N–H and O–H groups in total. The molecule has 2 rings (SSSR count). The Morgan fingerprint density at radius 2 is 2.19 bits per heavy atom. The quantitative estimate of drug-likeness (QED) is 0.670. The van der Waals surface area contributed by atoms with Gasteiger partial charge in [0.25, 0.3) is 5.69 Å². The molecule has 0 aliphatic rings. The van der Waals surface area contributed by atoms with Gasteiger partial charge >= 0.3 is 5.97 Å². The van der Waals surface area contributed by atoms with E-state index in [1.165, 1.54) is 24.5 Å². The van der Waals surface area contributed by atoms with Crippen molar-refractivity contribution in [2.45, 2.75) is 13.5 Å². The van der Waals surface area contributed by atoms with Crippen molar-refractivity contribution < 1.29 is 19.6 Å². The summed E-state index contributed by atoms with van der Waals surface area (Å²) in [5.41, 5.74) is 1.21. The number of carbonyl (C=O) groups is 1. The van der Waals surface area contributed by atoms with Gasteiger partial charge in [-0.2, -0.15) is 0 Å². The molecular weight excluding hydrogens is 276 g/mol. The van der Waals surface area contributed by atoms with Gasteiger partial charge in [-0.15, -0.1) is 0 Å². The van der Waals surface area contributed by atoms with E-state index >= 15 is 0 Å². The standard InChI is InChI=1S/C14H12N2O5/c1-9-10(3-2-4-13(9)16(19)20)8-21-12-5-11(14(17)18)6-15-7-12/h2-7H,8H2,1H3,(H,17,18). The van der Waals surface area contributed by atoms with Crippen LogP contribution in [0.1, 0.15) is 21.5 Å². The van der Waals surface area contributed by atoms with Crippen LogP contribution in [-0.2, 0) is 6.61 Å². The molecule has 0 aliphatic heterocycles. The lowest BCUT2D eigenvalue weighted by molar-refractivity contribution is -0.385. The topological polar surface area (TPSA) is 103 Å². The first-order valence-corrected chi connectivity index (χ1v) is 6.03. The monoisotopic (exact) mass is 288 g/mol. The number of pyridine rings is 1. The Morgan fingerprint density at radius 1 is 1.43 bits per heavy atom. The van der Waals surface area contributed by atoms with Crippen LogP contribution >= 0.6 is 0 Å². The third-order valence-corrected chi connectivity index (χ3v) is 2.97. The number of carboxylic acid groups (broad SMARTS) is 1. The second-order valence-corrected chi connectivity index (χ2v) is 4.32. The Morgan fingerprint density at radius 3 is 2.86 bits per heavy atom. The molecule has 0 saturated heterocycles. The highest BCUT2D eigenvalue weighted by Gasteiger charge is 2.13. The Hall–Kier alpha value is -2.96. The third-order valence-electron chi connectivity index (χ3n) is 2.97. The Labute approximate surface area is 120 Å². The van der Waals surface area contributed by atoms with Gasteiger partial charge in [0, 0.05) is 17.8 Å². The van der Waals surface area contributed by atoms with E-state index in [0.717, 1.165) is 0 Å². The Bertz CT molecular complexity index is 700. The molecule has 7 heteroatoms. The maximum Gasteiger partial charge on any atom is 0.337 e. The number of nitro benzene ring substituents is 1. The lowest BCUT2D eigenvalue weighted by Gasteiger charge is -2.09. The maximum atomic E-state index is 10.9. The molecule has 0 bridgehead atoms. The summed E-state index contributed by atoms with van der Waals surface area (Å²) in [5, 5.41) is 19.7. The minimum atomic E-state index is -1.10. The Kier molecular flexibility index (Phi) is 4.13. The first-order chi connectivity index (χ1) is 9.99. The van der Waals surface area contributed by atoms with Gasteiger partial charge < -0.3 is 9.84 Å². The number of hydrogen-bond donors (Lipinski definition) is 1. The summed E-state index contributed by atoms with van der Waals surface area (Å²) < 4.78 is 5.45. The summed E-state index contributed by atoms with van der Waals surface area (Å²) in [5.74, 6) is -0.805. The number of nitro groups is 1. The van der Waals surface area contributed by atoms with E-state index < -0.39 is 10.9 Å². The van der Waals surface area contributed by atoms with Crippen molar-refractivity contribution in [1.82, 2.24) is 4.98 Å². The summed E-state index contributed by atoms with van der Waals surface area (Å²) in [6.07, 6.45) is 2.60. The second kappa shape index (κ2) is 6.00. The van der Waals surface area contributed by atoms with Crippen molar-refractivity contribution in [2.75, 3.05) is 0 Å². The third kappa shape index (κ3) is 3.33. The van der Waals surface area contributed by atoms with Gasteiger partial charge in [-0.05, 0) is 18.6 Å². The van der Waals surface area contributed by atoms with Crippen LogP contribution in [-0.4, -0.2) is 21.0 Å². The van der Waals surface area contributed by atoms with E-state index in [0.29, 0.717) is 16.9 Å². The molecule has 108 valence electrons. The Balaban J connectivity index is 2.17. The largest absolute Gasteiger partial charge is 0.487 e. The minimum absolute atomic E-state index is 0.0169. The highest BCUT2D eigenvalue weighted by atomic mass is 16.6. The second-order valence-electron chi connectivity index (χ2n) is 4.32. The lowest BCUT2D eigenvalue weighted by Crippen LogP contribution is -2.02. The van der Waals surface area contributed by atoms with Crippen LogP contribution in [0.5, 0.6) is 5.75 Å². The van der Waals surface area contributed by atoms with Crippen molar-refractivity contribution in [2.24, 2.45) is 0 Å². The smallest absolute Gasteiger partial charge is 0.337 e. The minimum Gasteiger partial charge on any atom is -0.487 e. The fourth-order valence-electron chi connectivity index (χ4n) is 1.80. The maximum absolute atomic E-state index is 10.9. The van der Waals surface area contributed by atoms with Gasteiger partial charge in [0.1, 0.15) is 12.4 Å². The molecule has 2 aromatic rings. The number of carboxylic acids is 1. The zero-order valence-electron chi connectivity index (χ0n) is 11.1.